The Morgan fingerprint density at radius 1 is 1.24 bits per heavy atom. The van der Waals surface area contributed by atoms with E-state index in [1.807, 2.05) is 37.4 Å². The summed E-state index contributed by atoms with van der Waals surface area (Å²) in [6.07, 6.45) is 3.72. The van der Waals surface area contributed by atoms with E-state index in [1.54, 1.807) is 11.3 Å². The molecule has 1 aliphatic carbocycles. The molecule has 0 spiro atoms. The zero-order valence-corrected chi connectivity index (χ0v) is 15.4. The van der Waals surface area contributed by atoms with Gasteiger partial charge in [0.15, 0.2) is 0 Å². The van der Waals surface area contributed by atoms with Crippen LogP contribution < -0.4 is 15.4 Å². The first-order valence-electron chi connectivity index (χ1n) is 8.64. The van der Waals surface area contributed by atoms with Crippen molar-refractivity contribution in [1.82, 2.24) is 20.6 Å². The van der Waals surface area contributed by atoms with Crippen molar-refractivity contribution in [2.75, 3.05) is 0 Å². The van der Waals surface area contributed by atoms with Crippen LogP contribution in [0.2, 0.25) is 0 Å². The van der Waals surface area contributed by atoms with Crippen molar-refractivity contribution < 1.29 is 9.53 Å². The van der Waals surface area contributed by atoms with Crippen molar-refractivity contribution >= 4 is 17.4 Å². The number of carbonyl (C=O) groups excluding carboxylic acids is 1. The SMILES string of the molecule is Cc1cc(C)nc(OC2CCC(NC(=O)NCc3cccs3)CC2)n1. The molecule has 2 N–H and O–H groups in total. The van der Waals surface area contributed by atoms with E-state index in [0.29, 0.717) is 12.6 Å². The highest BCUT2D eigenvalue weighted by atomic mass is 32.1. The summed E-state index contributed by atoms with van der Waals surface area (Å²) in [7, 11) is 0. The molecule has 3 rings (SSSR count). The summed E-state index contributed by atoms with van der Waals surface area (Å²) in [6.45, 7) is 4.46. The zero-order valence-electron chi connectivity index (χ0n) is 14.6. The first-order valence-corrected chi connectivity index (χ1v) is 9.52. The minimum Gasteiger partial charge on any atom is -0.460 e. The average molecular weight is 360 g/mol. The number of hydrogen-bond donors (Lipinski definition) is 2. The van der Waals surface area contributed by atoms with Crippen LogP contribution in [0.3, 0.4) is 0 Å². The number of rotatable bonds is 5. The van der Waals surface area contributed by atoms with Gasteiger partial charge in [-0.05, 0) is 57.0 Å². The molecular weight excluding hydrogens is 336 g/mol. The molecule has 1 fully saturated rings. The zero-order chi connectivity index (χ0) is 17.6. The average Bonchev–Trinajstić information content (AvgIpc) is 3.07. The van der Waals surface area contributed by atoms with Crippen molar-refractivity contribution in [2.45, 2.75) is 58.2 Å². The van der Waals surface area contributed by atoms with Gasteiger partial charge in [0.05, 0.1) is 6.54 Å². The summed E-state index contributed by atoms with van der Waals surface area (Å²) in [4.78, 5) is 21.8. The molecule has 1 aliphatic rings. The molecule has 2 aromatic rings. The van der Waals surface area contributed by atoms with Gasteiger partial charge in [0, 0.05) is 22.3 Å². The van der Waals surface area contributed by atoms with Gasteiger partial charge in [-0.25, -0.2) is 14.8 Å². The standard InChI is InChI=1S/C18H24N4O2S/c1-12-10-13(2)21-18(20-12)24-15-7-5-14(6-8-15)22-17(23)19-11-16-4-3-9-25-16/h3-4,9-10,14-15H,5-8,11H2,1-2H3,(H2,19,22,23). The second-order valence-corrected chi connectivity index (χ2v) is 7.46. The van der Waals surface area contributed by atoms with Crippen molar-refractivity contribution in [3.8, 4) is 6.01 Å². The van der Waals surface area contributed by atoms with Gasteiger partial charge in [0.2, 0.25) is 0 Å². The van der Waals surface area contributed by atoms with Crippen molar-refractivity contribution in [3.63, 3.8) is 0 Å². The lowest BCUT2D eigenvalue weighted by Gasteiger charge is -2.29. The number of ether oxygens (including phenoxy) is 1. The maximum Gasteiger partial charge on any atom is 0.317 e. The third kappa shape index (κ3) is 5.42. The Kier molecular flexibility index (Phi) is 5.86. The lowest BCUT2D eigenvalue weighted by Crippen LogP contribution is -2.44. The lowest BCUT2D eigenvalue weighted by atomic mass is 9.93. The lowest BCUT2D eigenvalue weighted by molar-refractivity contribution is 0.128. The Labute approximate surface area is 152 Å². The number of carbonyl (C=O) groups is 1. The highest BCUT2D eigenvalue weighted by Crippen LogP contribution is 2.22. The molecule has 7 heteroatoms. The number of amides is 2. The van der Waals surface area contributed by atoms with Crippen molar-refractivity contribution in [2.24, 2.45) is 0 Å². The predicted molar refractivity (Wildman–Crippen MR) is 97.9 cm³/mol. The monoisotopic (exact) mass is 360 g/mol. The van der Waals surface area contributed by atoms with Gasteiger partial charge in [0.25, 0.3) is 0 Å². The van der Waals surface area contributed by atoms with E-state index in [0.717, 1.165) is 41.9 Å². The van der Waals surface area contributed by atoms with E-state index >= 15 is 0 Å². The summed E-state index contributed by atoms with van der Waals surface area (Å²) < 4.78 is 5.92. The van der Waals surface area contributed by atoms with E-state index in [2.05, 4.69) is 20.6 Å². The van der Waals surface area contributed by atoms with Gasteiger partial charge in [-0.2, -0.15) is 0 Å². The third-order valence-corrected chi connectivity index (χ3v) is 5.12. The Bertz CT molecular complexity index is 677. The molecule has 2 amide bonds. The molecular formula is C18H24N4O2S. The van der Waals surface area contributed by atoms with Gasteiger partial charge >= 0.3 is 12.0 Å². The molecule has 0 saturated heterocycles. The van der Waals surface area contributed by atoms with Gasteiger partial charge in [-0.1, -0.05) is 6.07 Å². The van der Waals surface area contributed by atoms with Gasteiger partial charge in [-0.15, -0.1) is 11.3 Å². The molecule has 1 saturated carbocycles. The van der Waals surface area contributed by atoms with Gasteiger partial charge in [-0.3, -0.25) is 0 Å². The summed E-state index contributed by atoms with van der Waals surface area (Å²) in [6, 6.07) is 6.49. The molecule has 0 radical (unpaired) electrons. The maximum absolute atomic E-state index is 12.0. The van der Waals surface area contributed by atoms with E-state index in [-0.39, 0.29) is 18.2 Å². The Hall–Kier alpha value is -2.15. The maximum atomic E-state index is 12.0. The fraction of sp³-hybridized carbons (Fsp3) is 0.500. The largest absolute Gasteiger partial charge is 0.460 e. The fourth-order valence-corrected chi connectivity index (χ4v) is 3.68. The number of hydrogen-bond acceptors (Lipinski definition) is 5. The van der Waals surface area contributed by atoms with Crippen LogP contribution in [0, 0.1) is 13.8 Å². The minimum absolute atomic E-state index is 0.101. The van der Waals surface area contributed by atoms with E-state index in [9.17, 15) is 4.79 Å². The molecule has 0 atom stereocenters. The highest BCUT2D eigenvalue weighted by Gasteiger charge is 2.24. The summed E-state index contributed by atoms with van der Waals surface area (Å²) in [5.41, 5.74) is 1.83. The molecule has 2 aromatic heterocycles. The smallest absolute Gasteiger partial charge is 0.317 e. The molecule has 0 aromatic carbocycles. The second kappa shape index (κ2) is 8.29. The number of urea groups is 1. The molecule has 25 heavy (non-hydrogen) atoms. The van der Waals surface area contributed by atoms with Crippen molar-refractivity contribution in [3.05, 3.63) is 39.8 Å². The quantitative estimate of drug-likeness (QED) is 0.857. The Morgan fingerprint density at radius 3 is 2.60 bits per heavy atom. The van der Waals surface area contributed by atoms with E-state index in [4.69, 9.17) is 4.74 Å². The molecule has 134 valence electrons. The van der Waals surface area contributed by atoms with Crippen LogP contribution in [0.25, 0.3) is 0 Å². The topological polar surface area (TPSA) is 76.1 Å². The minimum atomic E-state index is -0.101. The third-order valence-electron chi connectivity index (χ3n) is 4.25. The van der Waals surface area contributed by atoms with Crippen LogP contribution in [0.4, 0.5) is 4.79 Å². The summed E-state index contributed by atoms with van der Waals surface area (Å²) in [5.74, 6) is 0. The van der Waals surface area contributed by atoms with E-state index < -0.39 is 0 Å². The number of aromatic nitrogens is 2. The van der Waals surface area contributed by atoms with Crippen LogP contribution >= 0.6 is 11.3 Å². The molecule has 0 bridgehead atoms. The second-order valence-electron chi connectivity index (χ2n) is 6.43. The van der Waals surface area contributed by atoms with Crippen LogP contribution in [-0.2, 0) is 6.54 Å². The fourth-order valence-electron chi connectivity index (χ4n) is 3.04. The molecule has 2 heterocycles. The first kappa shape index (κ1) is 17.7. The van der Waals surface area contributed by atoms with Crippen LogP contribution in [-0.4, -0.2) is 28.1 Å². The van der Waals surface area contributed by atoms with Gasteiger partial charge < -0.3 is 15.4 Å². The van der Waals surface area contributed by atoms with Crippen LogP contribution in [0.15, 0.2) is 23.6 Å². The number of aryl methyl sites for hydroxylation is 2. The highest BCUT2D eigenvalue weighted by molar-refractivity contribution is 7.09. The number of nitrogens with zero attached hydrogens (tertiary/aromatic N) is 2. The summed E-state index contributed by atoms with van der Waals surface area (Å²) >= 11 is 1.64. The Balaban J connectivity index is 1.40. The first-order chi connectivity index (χ1) is 12.1. The normalized spacial score (nSPS) is 20.1. The van der Waals surface area contributed by atoms with Crippen LogP contribution in [0.5, 0.6) is 6.01 Å². The molecule has 0 aliphatic heterocycles. The van der Waals surface area contributed by atoms with Crippen LogP contribution in [0.1, 0.15) is 41.9 Å². The number of nitrogens with one attached hydrogen (secondary N) is 2. The summed E-state index contributed by atoms with van der Waals surface area (Å²) in [5, 5.41) is 7.97. The Morgan fingerprint density at radius 2 is 1.96 bits per heavy atom. The molecule has 0 unspecified atom stereocenters. The molecule has 6 nitrogen and oxygen atoms in total. The van der Waals surface area contributed by atoms with Gasteiger partial charge in [0.1, 0.15) is 6.10 Å². The van der Waals surface area contributed by atoms with Crippen molar-refractivity contribution in [1.29, 1.82) is 0 Å². The number of thiophene rings is 1. The predicted octanol–water partition coefficient (Wildman–Crippen LogP) is 3.34. The van der Waals surface area contributed by atoms with E-state index in [1.165, 1.54) is 0 Å².